The summed E-state index contributed by atoms with van der Waals surface area (Å²) in [5.74, 6) is -1.38. The van der Waals surface area contributed by atoms with Crippen molar-refractivity contribution in [3.05, 3.63) is 23.8 Å². The maximum absolute atomic E-state index is 9.72. The fourth-order valence-corrected chi connectivity index (χ4v) is 2.99. The van der Waals surface area contributed by atoms with Crippen molar-refractivity contribution in [1.29, 1.82) is 0 Å². The Kier molecular flexibility index (Phi) is 10.4. The number of nitrogens with two attached hydrogens (primary N) is 1. The topological polar surface area (TPSA) is 149 Å². The van der Waals surface area contributed by atoms with Crippen LogP contribution in [0.3, 0.4) is 0 Å². The first kappa shape index (κ1) is 24.7. The molecule has 9 heteroatoms. The average molecular weight is 413 g/mol. The summed E-state index contributed by atoms with van der Waals surface area (Å²) in [6.07, 6.45) is 2.15. The van der Waals surface area contributed by atoms with E-state index in [1.807, 2.05) is 18.2 Å². The van der Waals surface area contributed by atoms with E-state index in [1.54, 1.807) is 14.2 Å². The van der Waals surface area contributed by atoms with Crippen molar-refractivity contribution in [3.8, 4) is 11.5 Å². The molecule has 0 heterocycles. The lowest BCUT2D eigenvalue weighted by Gasteiger charge is -2.31. The van der Waals surface area contributed by atoms with Crippen LogP contribution in [0.1, 0.15) is 50.7 Å². The molecular weight excluding hydrogens is 382 g/mol. The van der Waals surface area contributed by atoms with E-state index in [0.29, 0.717) is 0 Å². The van der Waals surface area contributed by atoms with Crippen molar-refractivity contribution < 1.29 is 39.1 Å². The molecule has 164 valence electrons. The van der Waals surface area contributed by atoms with Crippen LogP contribution in [0.4, 0.5) is 0 Å². The van der Waals surface area contributed by atoms with Gasteiger partial charge in [0.25, 0.3) is 0 Å². The summed E-state index contributed by atoms with van der Waals surface area (Å²) < 4.78 is 16.7. The van der Waals surface area contributed by atoms with Crippen LogP contribution in [-0.4, -0.2) is 59.7 Å². The normalized spacial score (nSPS) is 20.6. The van der Waals surface area contributed by atoms with Crippen molar-refractivity contribution in [1.82, 2.24) is 0 Å². The molecule has 29 heavy (non-hydrogen) atoms. The van der Waals surface area contributed by atoms with Crippen molar-refractivity contribution in [2.24, 2.45) is 5.73 Å². The van der Waals surface area contributed by atoms with Crippen molar-refractivity contribution in [3.63, 3.8) is 0 Å². The van der Waals surface area contributed by atoms with Gasteiger partial charge in [-0.05, 0) is 37.5 Å². The summed E-state index contributed by atoms with van der Waals surface area (Å²) in [6.45, 7) is 2.06. The third-order valence-electron chi connectivity index (χ3n) is 4.66. The lowest BCUT2D eigenvalue weighted by atomic mass is 9.93. The predicted octanol–water partition coefficient (Wildman–Crippen LogP) is 1.96. The van der Waals surface area contributed by atoms with E-state index >= 15 is 0 Å². The number of benzene rings is 1. The highest BCUT2D eigenvalue weighted by Gasteiger charge is 2.25. The molecule has 0 spiro atoms. The fourth-order valence-electron chi connectivity index (χ4n) is 2.99. The molecule has 1 saturated carbocycles. The third-order valence-corrected chi connectivity index (χ3v) is 4.66. The first-order valence-corrected chi connectivity index (χ1v) is 9.45. The molecule has 5 N–H and O–H groups in total. The van der Waals surface area contributed by atoms with Crippen LogP contribution < -0.4 is 15.2 Å². The van der Waals surface area contributed by atoms with E-state index in [1.165, 1.54) is 12.8 Å². The van der Waals surface area contributed by atoms with Gasteiger partial charge in [-0.25, -0.2) is 4.79 Å². The van der Waals surface area contributed by atoms with Gasteiger partial charge < -0.3 is 35.3 Å². The van der Waals surface area contributed by atoms with Gasteiger partial charge in [-0.3, -0.25) is 4.79 Å². The van der Waals surface area contributed by atoms with E-state index < -0.39 is 24.5 Å². The van der Waals surface area contributed by atoms with Gasteiger partial charge in [0.1, 0.15) is 0 Å². The van der Waals surface area contributed by atoms with Gasteiger partial charge in [-0.15, -0.1) is 0 Å². The lowest BCUT2D eigenvalue weighted by molar-refractivity contribution is -0.152. The average Bonchev–Trinajstić information content (AvgIpc) is 2.69. The highest BCUT2D eigenvalue weighted by molar-refractivity contribution is 5.79. The molecular formula is C20H31NO8. The molecule has 0 amide bonds. The van der Waals surface area contributed by atoms with Crippen molar-refractivity contribution in [2.75, 3.05) is 14.2 Å². The quantitative estimate of drug-likeness (QED) is 0.502. The molecule has 1 aliphatic rings. The van der Waals surface area contributed by atoms with E-state index in [9.17, 15) is 9.59 Å². The monoisotopic (exact) mass is 413 g/mol. The van der Waals surface area contributed by atoms with Gasteiger partial charge in [0.05, 0.1) is 32.8 Å². The Balaban J connectivity index is 0.000000396. The van der Waals surface area contributed by atoms with Crippen molar-refractivity contribution in [2.45, 2.75) is 63.4 Å². The summed E-state index contributed by atoms with van der Waals surface area (Å²) in [5, 5.41) is 24.1. The molecule has 0 bridgehead atoms. The minimum absolute atomic E-state index is 0.00366. The Morgan fingerprint density at radius 1 is 1.14 bits per heavy atom. The number of hydrogen-bond acceptors (Lipinski definition) is 7. The van der Waals surface area contributed by atoms with Crippen LogP contribution >= 0.6 is 0 Å². The molecule has 1 aromatic carbocycles. The van der Waals surface area contributed by atoms with Crippen molar-refractivity contribution >= 4 is 11.9 Å². The van der Waals surface area contributed by atoms with Gasteiger partial charge in [-0.1, -0.05) is 18.9 Å². The second-order valence-corrected chi connectivity index (χ2v) is 6.83. The first-order chi connectivity index (χ1) is 13.7. The molecule has 9 nitrogen and oxygen atoms in total. The SMILES string of the molecule is COc1ccc(C(C)OC2CCCCC2N)cc1OC.O=C(O)CC(O)C(=O)O. The number of aliphatic hydroxyl groups excluding tert-OH is 1. The number of carbonyl (C=O) groups is 2. The van der Waals surface area contributed by atoms with E-state index in [2.05, 4.69) is 6.92 Å². The molecule has 4 atom stereocenters. The number of carboxylic acids is 2. The van der Waals surface area contributed by atoms with Crippen LogP contribution in [0.15, 0.2) is 18.2 Å². The largest absolute Gasteiger partial charge is 0.493 e. The molecule has 4 unspecified atom stereocenters. The maximum Gasteiger partial charge on any atom is 0.333 e. The zero-order valence-electron chi connectivity index (χ0n) is 17.0. The molecule has 1 aromatic rings. The molecule has 0 aromatic heterocycles. The minimum atomic E-state index is -1.79. The molecule has 2 rings (SSSR count). The maximum atomic E-state index is 9.72. The van der Waals surface area contributed by atoms with Crippen LogP contribution in [0.2, 0.25) is 0 Å². The van der Waals surface area contributed by atoms with E-state index in [4.69, 9.17) is 35.3 Å². The lowest BCUT2D eigenvalue weighted by Crippen LogP contribution is -2.39. The summed E-state index contributed by atoms with van der Waals surface area (Å²) in [4.78, 5) is 19.4. The number of aliphatic carboxylic acids is 2. The summed E-state index contributed by atoms with van der Waals surface area (Å²) in [5.41, 5.74) is 7.22. The number of rotatable bonds is 8. The van der Waals surface area contributed by atoms with E-state index in [-0.39, 0.29) is 18.2 Å². The number of aliphatic hydroxyl groups is 1. The third kappa shape index (κ3) is 8.26. The molecule has 1 aliphatic carbocycles. The van der Waals surface area contributed by atoms with Gasteiger partial charge in [0, 0.05) is 6.04 Å². The molecule has 0 aliphatic heterocycles. The van der Waals surface area contributed by atoms with Gasteiger partial charge >= 0.3 is 11.9 Å². The van der Waals surface area contributed by atoms with Crippen LogP contribution in [0.5, 0.6) is 11.5 Å². The number of ether oxygens (including phenoxy) is 3. The zero-order chi connectivity index (χ0) is 22.0. The summed E-state index contributed by atoms with van der Waals surface area (Å²) in [6, 6.07) is 6.05. The number of methoxy groups -OCH3 is 2. The Bertz CT molecular complexity index is 666. The van der Waals surface area contributed by atoms with E-state index in [0.717, 1.165) is 29.9 Å². The Morgan fingerprint density at radius 3 is 2.24 bits per heavy atom. The molecule has 0 radical (unpaired) electrons. The minimum Gasteiger partial charge on any atom is -0.493 e. The first-order valence-electron chi connectivity index (χ1n) is 9.45. The molecule has 1 fully saturated rings. The standard InChI is InChI=1S/C16H25NO3.C4H6O5/c1-11(20-14-7-5-4-6-13(14)17)12-8-9-15(18-2)16(10-12)19-3;5-2(4(8)9)1-3(6)7/h8-11,13-14H,4-7,17H2,1-3H3;2,5H,1H2,(H,6,7)(H,8,9). The Morgan fingerprint density at radius 2 is 1.76 bits per heavy atom. The smallest absolute Gasteiger partial charge is 0.333 e. The highest BCUT2D eigenvalue weighted by Crippen LogP contribution is 2.32. The van der Waals surface area contributed by atoms with Gasteiger partial charge in [-0.2, -0.15) is 0 Å². The van der Waals surface area contributed by atoms with Crippen LogP contribution in [-0.2, 0) is 14.3 Å². The Labute approximate surface area is 170 Å². The number of hydrogen-bond donors (Lipinski definition) is 4. The fraction of sp³-hybridized carbons (Fsp3) is 0.600. The molecule has 0 saturated heterocycles. The second-order valence-electron chi connectivity index (χ2n) is 6.83. The summed E-state index contributed by atoms with van der Waals surface area (Å²) >= 11 is 0. The van der Waals surface area contributed by atoms with Crippen LogP contribution in [0, 0.1) is 0 Å². The van der Waals surface area contributed by atoms with Gasteiger partial charge in [0.2, 0.25) is 0 Å². The van der Waals surface area contributed by atoms with Gasteiger partial charge in [0.15, 0.2) is 17.6 Å². The summed E-state index contributed by atoms with van der Waals surface area (Å²) in [7, 11) is 3.28. The highest BCUT2D eigenvalue weighted by atomic mass is 16.5. The Hall–Kier alpha value is -2.36. The van der Waals surface area contributed by atoms with Crippen LogP contribution in [0.25, 0.3) is 0 Å². The predicted molar refractivity (Wildman–Crippen MR) is 105 cm³/mol. The number of carboxylic acid groups (broad SMARTS) is 2. The second kappa shape index (κ2) is 12.3. The zero-order valence-corrected chi connectivity index (χ0v) is 17.0.